The van der Waals surface area contributed by atoms with Crippen molar-refractivity contribution < 1.29 is 9.59 Å². The largest absolute Gasteiger partial charge is 0.383 e. The number of carbonyl (C=O) groups is 2. The summed E-state index contributed by atoms with van der Waals surface area (Å²) in [5, 5.41) is 12.6. The van der Waals surface area contributed by atoms with Gasteiger partial charge in [0.2, 0.25) is 0 Å². The molecule has 0 saturated carbocycles. The summed E-state index contributed by atoms with van der Waals surface area (Å²) in [6.45, 7) is 3.95. The first-order valence-electron chi connectivity index (χ1n) is 10.5. The molecule has 1 unspecified atom stereocenters. The minimum atomic E-state index is -0.720. The van der Waals surface area contributed by atoms with Crippen LogP contribution in [0.4, 0.5) is 0 Å². The smallest absolute Gasteiger partial charge is 0.270 e. The molecule has 0 radical (unpaired) electrons. The van der Waals surface area contributed by atoms with Crippen LogP contribution in [0.3, 0.4) is 0 Å². The molecule has 1 aliphatic heterocycles. The number of nitrogens with zero attached hydrogens (tertiary/aromatic N) is 2. The van der Waals surface area contributed by atoms with E-state index < -0.39 is 11.8 Å². The van der Waals surface area contributed by atoms with Gasteiger partial charge in [-0.3, -0.25) is 15.0 Å². The van der Waals surface area contributed by atoms with Crippen molar-refractivity contribution in [3.05, 3.63) is 91.3 Å². The molecule has 0 saturated heterocycles. The second-order valence-corrected chi connectivity index (χ2v) is 10.4. The Bertz CT molecular complexity index is 1310. The average molecular weight is 516 g/mol. The molecule has 2 aromatic rings. The van der Waals surface area contributed by atoms with E-state index in [1.54, 1.807) is 42.5 Å². The highest BCUT2D eigenvalue weighted by Crippen LogP contribution is 2.49. The molecule has 34 heavy (non-hydrogen) atoms. The molecule has 1 atom stereocenters. The van der Waals surface area contributed by atoms with Gasteiger partial charge in [0.25, 0.3) is 5.91 Å². The Labute approximate surface area is 212 Å². The van der Waals surface area contributed by atoms with E-state index in [2.05, 4.69) is 11.5 Å². The van der Waals surface area contributed by atoms with E-state index >= 15 is 0 Å². The lowest BCUT2D eigenvalue weighted by molar-refractivity contribution is -0.118. The molecule has 6 nitrogen and oxygen atoms in total. The number of carbonyl (C=O) groups excluding carboxylic acids is 2. The van der Waals surface area contributed by atoms with Crippen molar-refractivity contribution in [2.75, 3.05) is 0 Å². The zero-order chi connectivity index (χ0) is 24.8. The first-order chi connectivity index (χ1) is 16.0. The molecular weight excluding hydrogens is 495 g/mol. The Morgan fingerprint density at radius 3 is 2.41 bits per heavy atom. The topological polar surface area (TPSA) is 99.2 Å². The molecule has 2 aliphatic rings. The number of rotatable bonds is 3. The summed E-state index contributed by atoms with van der Waals surface area (Å²) in [4.78, 5) is 26.5. The monoisotopic (exact) mass is 514 g/mol. The van der Waals surface area contributed by atoms with Crippen molar-refractivity contribution in [3.8, 4) is 6.07 Å². The zero-order valence-corrected chi connectivity index (χ0v) is 20.7. The van der Waals surface area contributed by atoms with Crippen LogP contribution >= 0.6 is 34.8 Å². The van der Waals surface area contributed by atoms with Gasteiger partial charge in [-0.15, -0.1) is 0 Å². The van der Waals surface area contributed by atoms with Crippen LogP contribution in [0.25, 0.3) is 0 Å². The minimum absolute atomic E-state index is 0.0464. The van der Waals surface area contributed by atoms with Crippen LogP contribution < -0.4 is 11.2 Å². The Hall–Kier alpha value is -2.98. The molecule has 2 aromatic carbocycles. The number of benzene rings is 2. The van der Waals surface area contributed by atoms with Crippen LogP contribution in [-0.2, 0) is 4.79 Å². The summed E-state index contributed by atoms with van der Waals surface area (Å²) in [5.74, 6) is -1.24. The highest BCUT2D eigenvalue weighted by Gasteiger charge is 2.45. The number of nitrogens with one attached hydrogen (secondary N) is 1. The average Bonchev–Trinajstić information content (AvgIpc) is 2.77. The van der Waals surface area contributed by atoms with E-state index in [-0.39, 0.29) is 22.6 Å². The van der Waals surface area contributed by atoms with Crippen LogP contribution in [0, 0.1) is 16.7 Å². The lowest BCUT2D eigenvalue weighted by atomic mass is 9.69. The van der Waals surface area contributed by atoms with Crippen molar-refractivity contribution in [2.45, 2.75) is 32.6 Å². The van der Waals surface area contributed by atoms with E-state index in [4.69, 9.17) is 40.5 Å². The van der Waals surface area contributed by atoms with Crippen LogP contribution in [0.1, 0.15) is 48.5 Å². The molecular formula is C25H21Cl3N4O2. The number of ketones is 1. The second kappa shape index (κ2) is 8.99. The van der Waals surface area contributed by atoms with E-state index in [9.17, 15) is 14.9 Å². The lowest BCUT2D eigenvalue weighted by Gasteiger charge is -2.43. The normalized spacial score (nSPS) is 19.6. The van der Waals surface area contributed by atoms with E-state index in [0.29, 0.717) is 50.3 Å². The molecule has 3 N–H and O–H groups in total. The number of nitrogens with two attached hydrogens (primary N) is 1. The van der Waals surface area contributed by atoms with Crippen molar-refractivity contribution in [2.24, 2.45) is 11.1 Å². The maximum absolute atomic E-state index is 13.4. The second-order valence-electron chi connectivity index (χ2n) is 9.10. The van der Waals surface area contributed by atoms with Crippen LogP contribution in [0.15, 0.2) is 65.1 Å². The number of hydrogen-bond acceptors (Lipinski definition) is 5. The molecule has 0 fully saturated rings. The van der Waals surface area contributed by atoms with Crippen molar-refractivity contribution >= 4 is 46.5 Å². The molecule has 4 rings (SSSR count). The molecule has 0 spiro atoms. The van der Waals surface area contributed by atoms with E-state index in [1.807, 2.05) is 13.8 Å². The minimum Gasteiger partial charge on any atom is -0.383 e. The number of Topliss-reactive ketones (excluding diaryl/α,β-unsaturated/α-hetero) is 1. The zero-order valence-electron chi connectivity index (χ0n) is 18.5. The van der Waals surface area contributed by atoms with Gasteiger partial charge in [0, 0.05) is 22.6 Å². The Balaban J connectivity index is 1.86. The Kier molecular flexibility index (Phi) is 6.39. The Morgan fingerprint density at radius 2 is 1.79 bits per heavy atom. The van der Waals surface area contributed by atoms with Crippen LogP contribution in [-0.4, -0.2) is 16.7 Å². The summed E-state index contributed by atoms with van der Waals surface area (Å²) in [6.07, 6.45) is 0.757. The summed E-state index contributed by atoms with van der Waals surface area (Å²) < 4.78 is 0. The van der Waals surface area contributed by atoms with Crippen molar-refractivity contribution in [1.29, 1.82) is 5.26 Å². The van der Waals surface area contributed by atoms with Gasteiger partial charge in [0.05, 0.1) is 33.3 Å². The fraction of sp³-hybridized carbons (Fsp3) is 0.240. The summed E-state index contributed by atoms with van der Waals surface area (Å²) in [6, 6.07) is 13.5. The fourth-order valence-corrected chi connectivity index (χ4v) is 4.86. The van der Waals surface area contributed by atoms with Gasteiger partial charge in [-0.05, 0) is 53.8 Å². The predicted octanol–water partition coefficient (Wildman–Crippen LogP) is 5.73. The standard InChI is InChI=1S/C25H21Cl3N4O2/c1-25(2)10-19-22(20(33)11-25)21(14-5-8-17(27)18(28)9-14)16(12-29)23(30)32(19)31-24(34)13-3-6-15(26)7-4-13/h3-9,21H,10-11,30H2,1-2H3,(H,31,34). The number of hydrazine groups is 1. The number of amides is 1. The number of nitriles is 1. The third kappa shape index (κ3) is 4.39. The van der Waals surface area contributed by atoms with Crippen molar-refractivity contribution in [1.82, 2.24) is 10.4 Å². The van der Waals surface area contributed by atoms with Gasteiger partial charge >= 0.3 is 0 Å². The lowest BCUT2D eigenvalue weighted by Crippen LogP contribution is -2.49. The highest BCUT2D eigenvalue weighted by atomic mass is 35.5. The summed E-state index contributed by atoms with van der Waals surface area (Å²) in [5.41, 5.74) is 11.0. The molecule has 0 aromatic heterocycles. The maximum Gasteiger partial charge on any atom is 0.270 e. The molecule has 0 bridgehead atoms. The molecule has 1 aliphatic carbocycles. The third-order valence-corrected chi connectivity index (χ3v) is 6.97. The van der Waals surface area contributed by atoms with Crippen LogP contribution in [0.2, 0.25) is 15.1 Å². The van der Waals surface area contributed by atoms with Crippen LogP contribution in [0.5, 0.6) is 0 Å². The first-order valence-corrected chi connectivity index (χ1v) is 11.6. The van der Waals surface area contributed by atoms with Gasteiger partial charge in [0.15, 0.2) is 5.78 Å². The first kappa shape index (κ1) is 24.2. The number of halogens is 3. The quantitative estimate of drug-likeness (QED) is 0.544. The Morgan fingerprint density at radius 1 is 1.12 bits per heavy atom. The summed E-state index contributed by atoms with van der Waals surface area (Å²) in [7, 11) is 0. The molecule has 9 heteroatoms. The highest BCUT2D eigenvalue weighted by molar-refractivity contribution is 6.42. The molecule has 1 amide bonds. The maximum atomic E-state index is 13.4. The number of allylic oxidation sites excluding steroid dienone is 3. The molecule has 1 heterocycles. The van der Waals surface area contributed by atoms with Gasteiger partial charge in [-0.25, -0.2) is 5.01 Å². The van der Waals surface area contributed by atoms with E-state index in [1.165, 1.54) is 5.01 Å². The number of hydrogen-bond donors (Lipinski definition) is 2. The fourth-order valence-electron chi connectivity index (χ4n) is 4.43. The van der Waals surface area contributed by atoms with Crippen molar-refractivity contribution in [3.63, 3.8) is 0 Å². The van der Waals surface area contributed by atoms with Gasteiger partial charge in [-0.2, -0.15) is 5.26 Å². The predicted molar refractivity (Wildman–Crippen MR) is 132 cm³/mol. The third-order valence-electron chi connectivity index (χ3n) is 5.98. The van der Waals surface area contributed by atoms with Gasteiger partial charge in [0.1, 0.15) is 5.82 Å². The molecule has 174 valence electrons. The van der Waals surface area contributed by atoms with Gasteiger partial charge < -0.3 is 5.73 Å². The SMILES string of the molecule is CC1(C)CC(=O)C2=C(C1)N(NC(=O)c1ccc(Cl)cc1)C(N)=C(C#N)C2c1ccc(Cl)c(Cl)c1. The van der Waals surface area contributed by atoms with E-state index in [0.717, 1.165) is 0 Å². The summed E-state index contributed by atoms with van der Waals surface area (Å²) >= 11 is 18.3. The van der Waals surface area contributed by atoms with Gasteiger partial charge in [-0.1, -0.05) is 54.7 Å².